The fourth-order valence-corrected chi connectivity index (χ4v) is 4.38. The van der Waals surface area contributed by atoms with Crippen molar-refractivity contribution < 1.29 is 29.0 Å². The molecule has 0 aliphatic carbocycles. The number of aliphatic carboxylic acids is 2. The molecule has 0 saturated heterocycles. The zero-order valence-electron chi connectivity index (χ0n) is 18.9. The van der Waals surface area contributed by atoms with Crippen molar-refractivity contribution in [2.24, 2.45) is 0 Å². The van der Waals surface area contributed by atoms with Crippen LogP contribution in [0.4, 0.5) is 0 Å². The molecular formula is C25H26Cl2N2O6. The predicted octanol–water partition coefficient (Wildman–Crippen LogP) is 4.23. The summed E-state index contributed by atoms with van der Waals surface area (Å²) in [6.45, 7) is 3.45. The Kier molecular flexibility index (Phi) is 9.54. The van der Waals surface area contributed by atoms with Gasteiger partial charge in [0, 0.05) is 50.3 Å². The van der Waals surface area contributed by atoms with Gasteiger partial charge in [-0.25, -0.2) is 9.59 Å². The van der Waals surface area contributed by atoms with E-state index in [1.807, 2.05) is 17.0 Å². The van der Waals surface area contributed by atoms with E-state index in [2.05, 4.69) is 17.1 Å². The van der Waals surface area contributed by atoms with E-state index in [1.54, 1.807) is 18.4 Å². The summed E-state index contributed by atoms with van der Waals surface area (Å²) in [7, 11) is 0. The maximum atomic E-state index is 13.1. The maximum Gasteiger partial charge on any atom is 0.328 e. The van der Waals surface area contributed by atoms with Gasteiger partial charge in [0.15, 0.2) is 0 Å². The Hall–Kier alpha value is -3.07. The molecular weight excluding hydrogens is 495 g/mol. The SMILES string of the molecule is O=C(Cc1ccc(Cl)c(Cl)c1)N1CCc2occc2C1CN1CC=CCC1.O=C(O)C=CC(=O)O. The second-order valence-corrected chi connectivity index (χ2v) is 8.92. The molecule has 8 nitrogen and oxygen atoms in total. The second kappa shape index (κ2) is 12.6. The van der Waals surface area contributed by atoms with Crippen molar-refractivity contribution in [2.75, 3.05) is 26.2 Å². The van der Waals surface area contributed by atoms with E-state index < -0.39 is 11.9 Å². The zero-order valence-corrected chi connectivity index (χ0v) is 20.4. The number of amides is 1. The highest BCUT2D eigenvalue weighted by atomic mass is 35.5. The highest BCUT2D eigenvalue weighted by Gasteiger charge is 2.33. The van der Waals surface area contributed by atoms with E-state index >= 15 is 0 Å². The van der Waals surface area contributed by atoms with Crippen LogP contribution in [0.15, 0.2) is 59.2 Å². The molecule has 2 aromatic rings. The van der Waals surface area contributed by atoms with Crippen LogP contribution in [0.3, 0.4) is 0 Å². The van der Waals surface area contributed by atoms with Crippen molar-refractivity contribution in [2.45, 2.75) is 25.3 Å². The number of carbonyl (C=O) groups is 3. The van der Waals surface area contributed by atoms with E-state index in [1.165, 1.54) is 0 Å². The first-order valence-corrected chi connectivity index (χ1v) is 11.8. The molecule has 1 aromatic carbocycles. The smallest absolute Gasteiger partial charge is 0.328 e. The van der Waals surface area contributed by atoms with Crippen LogP contribution in [0.5, 0.6) is 0 Å². The lowest BCUT2D eigenvalue weighted by Gasteiger charge is -2.38. The molecule has 3 heterocycles. The van der Waals surface area contributed by atoms with Gasteiger partial charge in [0.2, 0.25) is 5.91 Å². The van der Waals surface area contributed by atoms with Crippen molar-refractivity contribution in [1.82, 2.24) is 9.80 Å². The van der Waals surface area contributed by atoms with Crippen molar-refractivity contribution in [3.8, 4) is 0 Å². The average molecular weight is 521 g/mol. The van der Waals surface area contributed by atoms with Crippen LogP contribution in [0.1, 0.15) is 29.3 Å². The van der Waals surface area contributed by atoms with Gasteiger partial charge in [0.05, 0.1) is 28.8 Å². The molecule has 0 bridgehead atoms. The van der Waals surface area contributed by atoms with E-state index in [-0.39, 0.29) is 11.9 Å². The first kappa shape index (κ1) is 26.5. The van der Waals surface area contributed by atoms with Crippen LogP contribution in [-0.4, -0.2) is 64.0 Å². The number of hydrogen-bond acceptors (Lipinski definition) is 5. The number of benzene rings is 1. The van der Waals surface area contributed by atoms with Crippen LogP contribution < -0.4 is 0 Å². The van der Waals surface area contributed by atoms with E-state index in [0.29, 0.717) is 35.2 Å². The van der Waals surface area contributed by atoms with Gasteiger partial charge in [0.25, 0.3) is 0 Å². The summed E-state index contributed by atoms with van der Waals surface area (Å²) in [6.07, 6.45) is 9.40. The van der Waals surface area contributed by atoms with Crippen molar-refractivity contribution in [3.05, 3.63) is 81.8 Å². The van der Waals surface area contributed by atoms with Crippen LogP contribution in [-0.2, 0) is 27.2 Å². The first-order chi connectivity index (χ1) is 16.7. The molecule has 0 spiro atoms. The zero-order chi connectivity index (χ0) is 25.4. The van der Waals surface area contributed by atoms with Crippen molar-refractivity contribution in [1.29, 1.82) is 0 Å². The molecule has 1 atom stereocenters. The lowest BCUT2D eigenvalue weighted by atomic mass is 9.97. The summed E-state index contributed by atoms with van der Waals surface area (Å²) in [5.74, 6) is -1.40. The van der Waals surface area contributed by atoms with Gasteiger partial charge in [-0.05, 0) is 30.2 Å². The molecule has 186 valence electrons. The molecule has 0 saturated carbocycles. The summed E-state index contributed by atoms with van der Waals surface area (Å²) >= 11 is 12.1. The van der Waals surface area contributed by atoms with Gasteiger partial charge in [0.1, 0.15) is 5.76 Å². The number of halogens is 2. The summed E-state index contributed by atoms with van der Waals surface area (Å²) < 4.78 is 5.65. The molecule has 0 radical (unpaired) electrons. The Morgan fingerprint density at radius 1 is 1.03 bits per heavy atom. The minimum atomic E-state index is -1.26. The van der Waals surface area contributed by atoms with E-state index in [0.717, 1.165) is 49.4 Å². The topological polar surface area (TPSA) is 111 Å². The molecule has 1 aromatic heterocycles. The summed E-state index contributed by atoms with van der Waals surface area (Å²) in [6, 6.07) is 7.42. The van der Waals surface area contributed by atoms with Gasteiger partial charge >= 0.3 is 11.9 Å². The van der Waals surface area contributed by atoms with Gasteiger partial charge in [-0.15, -0.1) is 0 Å². The third-order valence-electron chi connectivity index (χ3n) is 5.70. The van der Waals surface area contributed by atoms with Gasteiger partial charge in [-0.3, -0.25) is 9.69 Å². The van der Waals surface area contributed by atoms with Crippen molar-refractivity contribution >= 4 is 41.0 Å². The molecule has 10 heteroatoms. The second-order valence-electron chi connectivity index (χ2n) is 8.11. The fraction of sp³-hybridized carbons (Fsp3) is 0.320. The molecule has 2 N–H and O–H groups in total. The Morgan fingerprint density at radius 3 is 2.40 bits per heavy atom. The van der Waals surface area contributed by atoms with Gasteiger partial charge < -0.3 is 19.5 Å². The summed E-state index contributed by atoms with van der Waals surface area (Å²) in [5, 5.41) is 16.6. The third kappa shape index (κ3) is 7.71. The Morgan fingerprint density at radius 2 is 1.77 bits per heavy atom. The fourth-order valence-electron chi connectivity index (χ4n) is 4.06. The number of rotatable bonds is 6. The first-order valence-electron chi connectivity index (χ1n) is 11.1. The van der Waals surface area contributed by atoms with Gasteiger partial charge in [-0.1, -0.05) is 41.4 Å². The highest BCUT2D eigenvalue weighted by Crippen LogP contribution is 2.32. The summed E-state index contributed by atoms with van der Waals surface area (Å²) in [5.41, 5.74) is 2.02. The molecule has 1 unspecified atom stereocenters. The molecule has 2 aliphatic heterocycles. The third-order valence-corrected chi connectivity index (χ3v) is 6.44. The predicted molar refractivity (Wildman–Crippen MR) is 132 cm³/mol. The maximum absolute atomic E-state index is 13.1. The Labute approximate surface area is 213 Å². The van der Waals surface area contributed by atoms with E-state index in [9.17, 15) is 14.4 Å². The standard InChI is InChI=1S/C21H22Cl2N2O2.C4H4O4/c22-17-5-4-15(12-18(17)23)13-21(26)25-10-6-20-16(7-11-27-20)19(25)14-24-8-2-1-3-9-24;5-3(6)1-2-4(7)8/h1-2,4-5,7,11-12,19H,3,6,8-10,13-14H2;1-2H,(H,5,6)(H,7,8). The number of carbonyl (C=O) groups excluding carboxylic acids is 1. The number of furan rings is 1. The van der Waals surface area contributed by atoms with Crippen molar-refractivity contribution in [3.63, 3.8) is 0 Å². The van der Waals surface area contributed by atoms with E-state index in [4.69, 9.17) is 37.8 Å². The number of fused-ring (bicyclic) bond motifs is 1. The van der Waals surface area contributed by atoms with Crippen LogP contribution in [0, 0.1) is 0 Å². The molecule has 0 fully saturated rings. The number of carboxylic acid groups (broad SMARTS) is 2. The minimum Gasteiger partial charge on any atom is -0.478 e. The number of carboxylic acids is 2. The summed E-state index contributed by atoms with van der Waals surface area (Å²) in [4.78, 5) is 36.6. The molecule has 4 rings (SSSR count). The van der Waals surface area contributed by atoms with Gasteiger partial charge in [-0.2, -0.15) is 0 Å². The van der Waals surface area contributed by atoms with Crippen LogP contribution in [0.2, 0.25) is 10.0 Å². The minimum absolute atomic E-state index is 0.0225. The number of hydrogen-bond donors (Lipinski definition) is 2. The highest BCUT2D eigenvalue weighted by molar-refractivity contribution is 6.42. The molecule has 35 heavy (non-hydrogen) atoms. The molecule has 2 aliphatic rings. The monoisotopic (exact) mass is 520 g/mol. The van der Waals surface area contributed by atoms with Crippen LogP contribution in [0.25, 0.3) is 0 Å². The van der Waals surface area contributed by atoms with Crippen LogP contribution >= 0.6 is 23.2 Å². The lowest BCUT2D eigenvalue weighted by molar-refractivity contribution is -0.134. The normalized spacial score (nSPS) is 17.5. The Bertz CT molecular complexity index is 1110. The Balaban J connectivity index is 0.000000371. The molecule has 1 amide bonds. The quantitative estimate of drug-likeness (QED) is 0.432. The average Bonchev–Trinajstić information content (AvgIpc) is 3.31. The lowest BCUT2D eigenvalue weighted by Crippen LogP contribution is -2.46. The largest absolute Gasteiger partial charge is 0.478 e. The number of nitrogens with zero attached hydrogens (tertiary/aromatic N) is 2.